The Morgan fingerprint density at radius 2 is 1.43 bits per heavy atom. The van der Waals surface area contributed by atoms with Gasteiger partial charge in [0.15, 0.2) is 0 Å². The Balaban J connectivity index is 3.22. The SMILES string of the molecule is C=C(C)C(=O)OOC(=O)c1cccc(C(O)CO)c1C(=O)OOC(=O)C(=C)C. The molecule has 0 bridgehead atoms. The van der Waals surface area contributed by atoms with Gasteiger partial charge in [0.2, 0.25) is 0 Å². The molecule has 0 amide bonds. The van der Waals surface area contributed by atoms with Crippen LogP contribution in [0.25, 0.3) is 0 Å². The molecule has 0 aliphatic rings. The molecule has 0 aliphatic carbocycles. The monoisotopic (exact) mass is 394 g/mol. The van der Waals surface area contributed by atoms with Gasteiger partial charge in [0, 0.05) is 11.1 Å². The van der Waals surface area contributed by atoms with Crippen LogP contribution in [0.3, 0.4) is 0 Å². The average Bonchev–Trinajstić information content (AvgIpc) is 2.67. The van der Waals surface area contributed by atoms with Gasteiger partial charge in [-0.15, -0.1) is 0 Å². The van der Waals surface area contributed by atoms with Gasteiger partial charge in [0.05, 0.1) is 17.7 Å². The number of aliphatic hydroxyl groups is 2. The van der Waals surface area contributed by atoms with Crippen LogP contribution in [0.4, 0.5) is 0 Å². The van der Waals surface area contributed by atoms with E-state index in [9.17, 15) is 24.3 Å². The first-order valence-corrected chi connectivity index (χ1v) is 7.69. The summed E-state index contributed by atoms with van der Waals surface area (Å²) in [6.07, 6.45) is -1.58. The van der Waals surface area contributed by atoms with Gasteiger partial charge in [0.1, 0.15) is 6.10 Å². The molecule has 1 rings (SSSR count). The van der Waals surface area contributed by atoms with Gasteiger partial charge in [-0.05, 0) is 25.5 Å². The third-order valence-electron chi connectivity index (χ3n) is 3.14. The van der Waals surface area contributed by atoms with Gasteiger partial charge < -0.3 is 10.2 Å². The molecule has 1 atom stereocenters. The largest absolute Gasteiger partial charge is 0.393 e. The van der Waals surface area contributed by atoms with Crippen LogP contribution < -0.4 is 0 Å². The Hall–Kier alpha value is -3.50. The number of carbonyl (C=O) groups is 4. The maximum atomic E-state index is 12.3. The van der Waals surface area contributed by atoms with E-state index >= 15 is 0 Å². The van der Waals surface area contributed by atoms with Gasteiger partial charge in [-0.2, -0.15) is 0 Å². The molecule has 0 saturated carbocycles. The lowest BCUT2D eigenvalue weighted by Gasteiger charge is -2.15. The zero-order valence-corrected chi connectivity index (χ0v) is 15.1. The van der Waals surface area contributed by atoms with Crippen molar-refractivity contribution < 1.29 is 48.9 Å². The minimum Gasteiger partial charge on any atom is -0.393 e. The molecule has 150 valence electrons. The molecule has 1 aromatic rings. The third kappa shape index (κ3) is 5.76. The predicted octanol–water partition coefficient (Wildman–Crippen LogP) is 1.09. The molecule has 0 saturated heterocycles. The standard InChI is InChI=1S/C18H18O10/c1-9(2)15(21)25-27-17(23)12-7-5-6-11(13(20)8-19)14(12)18(24)28-26-16(22)10(3)4/h5-7,13,19-20H,1,3,8H2,2,4H3. The third-order valence-corrected chi connectivity index (χ3v) is 3.14. The lowest BCUT2D eigenvalue weighted by Crippen LogP contribution is -2.21. The van der Waals surface area contributed by atoms with E-state index in [0.717, 1.165) is 6.07 Å². The molecule has 28 heavy (non-hydrogen) atoms. The van der Waals surface area contributed by atoms with Crippen molar-refractivity contribution in [1.82, 2.24) is 0 Å². The van der Waals surface area contributed by atoms with E-state index in [1.54, 1.807) is 0 Å². The van der Waals surface area contributed by atoms with Gasteiger partial charge in [-0.25, -0.2) is 38.7 Å². The molecular weight excluding hydrogens is 376 g/mol. The minimum atomic E-state index is -1.58. The van der Waals surface area contributed by atoms with E-state index in [-0.39, 0.29) is 16.7 Å². The predicted molar refractivity (Wildman–Crippen MR) is 91.1 cm³/mol. The van der Waals surface area contributed by atoms with Crippen LogP contribution in [-0.4, -0.2) is 40.7 Å². The average molecular weight is 394 g/mol. The van der Waals surface area contributed by atoms with Gasteiger partial charge in [0.25, 0.3) is 0 Å². The van der Waals surface area contributed by atoms with Crippen LogP contribution >= 0.6 is 0 Å². The molecule has 1 unspecified atom stereocenters. The summed E-state index contributed by atoms with van der Waals surface area (Å²) in [4.78, 5) is 64.5. The maximum Gasteiger partial charge on any atom is 0.387 e. The molecule has 0 spiro atoms. The minimum absolute atomic E-state index is 0.0522. The van der Waals surface area contributed by atoms with Gasteiger partial charge >= 0.3 is 23.9 Å². The second-order valence-corrected chi connectivity index (χ2v) is 5.51. The van der Waals surface area contributed by atoms with Crippen molar-refractivity contribution in [2.75, 3.05) is 6.61 Å². The smallest absolute Gasteiger partial charge is 0.387 e. The van der Waals surface area contributed by atoms with Crippen LogP contribution in [0.2, 0.25) is 0 Å². The van der Waals surface area contributed by atoms with Crippen molar-refractivity contribution in [1.29, 1.82) is 0 Å². The van der Waals surface area contributed by atoms with Gasteiger partial charge in [-0.3, -0.25) is 0 Å². The van der Waals surface area contributed by atoms with Gasteiger partial charge in [-0.1, -0.05) is 25.3 Å². The first kappa shape index (κ1) is 22.5. The summed E-state index contributed by atoms with van der Waals surface area (Å²) in [5.74, 6) is -4.72. The van der Waals surface area contributed by atoms with E-state index in [1.807, 2.05) is 0 Å². The Morgan fingerprint density at radius 1 is 0.929 bits per heavy atom. The van der Waals surface area contributed by atoms with Crippen molar-refractivity contribution >= 4 is 23.9 Å². The van der Waals surface area contributed by atoms with E-state index in [0.29, 0.717) is 0 Å². The second-order valence-electron chi connectivity index (χ2n) is 5.51. The molecule has 10 nitrogen and oxygen atoms in total. The number of aliphatic hydroxyl groups excluding tert-OH is 2. The van der Waals surface area contributed by atoms with Crippen molar-refractivity contribution in [3.05, 3.63) is 59.2 Å². The highest BCUT2D eigenvalue weighted by Gasteiger charge is 2.29. The van der Waals surface area contributed by atoms with Crippen LogP contribution in [0.1, 0.15) is 46.2 Å². The van der Waals surface area contributed by atoms with E-state index in [1.165, 1.54) is 26.0 Å². The van der Waals surface area contributed by atoms with Crippen LogP contribution in [0.5, 0.6) is 0 Å². The summed E-state index contributed by atoms with van der Waals surface area (Å²) in [6, 6.07) is 3.58. The molecular formula is C18H18O10. The Labute approximate surface area is 159 Å². The molecule has 0 heterocycles. The Bertz CT molecular complexity index is 824. The number of hydrogen-bond acceptors (Lipinski definition) is 10. The van der Waals surface area contributed by atoms with E-state index in [2.05, 4.69) is 32.7 Å². The lowest BCUT2D eigenvalue weighted by molar-refractivity contribution is -0.230. The summed E-state index contributed by atoms with van der Waals surface area (Å²) in [6.45, 7) is 8.42. The lowest BCUT2D eigenvalue weighted by atomic mass is 9.97. The maximum absolute atomic E-state index is 12.3. The zero-order valence-electron chi connectivity index (χ0n) is 15.1. The Morgan fingerprint density at radius 3 is 1.89 bits per heavy atom. The topological polar surface area (TPSA) is 146 Å². The summed E-state index contributed by atoms with van der Waals surface area (Å²) < 4.78 is 0. The number of rotatable bonds is 6. The normalized spacial score (nSPS) is 11.0. The van der Waals surface area contributed by atoms with Crippen molar-refractivity contribution in [2.24, 2.45) is 0 Å². The molecule has 0 aromatic heterocycles. The fourth-order valence-corrected chi connectivity index (χ4v) is 1.72. The number of hydrogen-bond donors (Lipinski definition) is 2. The van der Waals surface area contributed by atoms with Crippen LogP contribution in [-0.2, 0) is 29.1 Å². The van der Waals surface area contributed by atoms with Crippen molar-refractivity contribution in [3.63, 3.8) is 0 Å². The quantitative estimate of drug-likeness (QED) is 0.408. The second kappa shape index (κ2) is 10.00. The van der Waals surface area contributed by atoms with Crippen molar-refractivity contribution in [3.8, 4) is 0 Å². The van der Waals surface area contributed by atoms with Crippen LogP contribution in [0.15, 0.2) is 42.5 Å². The molecule has 2 N–H and O–H groups in total. The highest BCUT2D eigenvalue weighted by molar-refractivity contribution is 6.04. The summed E-state index contributed by atoms with van der Waals surface area (Å²) in [5.41, 5.74) is -1.41. The van der Waals surface area contributed by atoms with E-state index in [4.69, 9.17) is 5.11 Å². The van der Waals surface area contributed by atoms with E-state index < -0.39 is 47.7 Å². The summed E-state index contributed by atoms with van der Waals surface area (Å²) in [5, 5.41) is 19.1. The number of carbonyl (C=O) groups excluding carboxylic acids is 4. The fraction of sp³-hybridized carbons (Fsp3) is 0.222. The molecule has 0 aliphatic heterocycles. The summed E-state index contributed by atoms with van der Waals surface area (Å²) in [7, 11) is 0. The molecule has 1 aromatic carbocycles. The first-order chi connectivity index (χ1) is 13.1. The molecule has 0 radical (unpaired) electrons. The highest BCUT2D eigenvalue weighted by Crippen LogP contribution is 2.24. The molecule has 10 heteroatoms. The summed E-state index contributed by atoms with van der Waals surface area (Å²) >= 11 is 0. The highest BCUT2D eigenvalue weighted by atomic mass is 17.2. The fourth-order valence-electron chi connectivity index (χ4n) is 1.72. The van der Waals surface area contributed by atoms with Crippen LogP contribution in [0, 0.1) is 0 Å². The molecule has 0 fully saturated rings. The number of benzene rings is 1. The zero-order chi connectivity index (χ0) is 21.4. The first-order valence-electron chi connectivity index (χ1n) is 7.69. The van der Waals surface area contributed by atoms with Crippen molar-refractivity contribution in [2.45, 2.75) is 20.0 Å². The Kier molecular flexibility index (Phi) is 8.05.